The average molecular weight is 244 g/mol. The Morgan fingerprint density at radius 2 is 1.67 bits per heavy atom. The standard InChI is InChI=1S/C14H16N2O2/c1-7-5-9(3)11(6-8(7)2)12-15-13(17)10(4)14(18)16-12/h5-6H,1-4H3,(H2,15,16,17,18). The normalized spacial score (nSPS) is 10.7. The summed E-state index contributed by atoms with van der Waals surface area (Å²) in [6.07, 6.45) is 0. The molecule has 0 aliphatic heterocycles. The number of nitrogens with zero attached hydrogens (tertiary/aromatic N) is 1. The second-order valence-corrected chi connectivity index (χ2v) is 4.61. The van der Waals surface area contributed by atoms with Gasteiger partial charge < -0.3 is 10.1 Å². The van der Waals surface area contributed by atoms with Gasteiger partial charge in [0.2, 0.25) is 5.88 Å². The summed E-state index contributed by atoms with van der Waals surface area (Å²) >= 11 is 0. The fourth-order valence-electron chi connectivity index (χ4n) is 1.86. The van der Waals surface area contributed by atoms with Crippen LogP contribution in [0.4, 0.5) is 0 Å². The van der Waals surface area contributed by atoms with E-state index in [1.807, 2.05) is 32.9 Å². The summed E-state index contributed by atoms with van der Waals surface area (Å²) in [5, 5.41) is 9.63. The van der Waals surface area contributed by atoms with Gasteiger partial charge in [0, 0.05) is 5.56 Å². The summed E-state index contributed by atoms with van der Waals surface area (Å²) in [4.78, 5) is 18.4. The van der Waals surface area contributed by atoms with E-state index in [0.717, 1.165) is 16.7 Å². The van der Waals surface area contributed by atoms with Gasteiger partial charge in [-0.15, -0.1) is 0 Å². The van der Waals surface area contributed by atoms with Crippen LogP contribution in [0.15, 0.2) is 16.9 Å². The molecule has 2 aromatic rings. The molecule has 1 aromatic carbocycles. The van der Waals surface area contributed by atoms with Crippen LogP contribution < -0.4 is 5.56 Å². The zero-order chi connectivity index (χ0) is 13.4. The van der Waals surface area contributed by atoms with Crippen molar-refractivity contribution in [3.8, 4) is 17.3 Å². The smallest absolute Gasteiger partial charge is 0.257 e. The number of hydrogen-bond donors (Lipinski definition) is 2. The van der Waals surface area contributed by atoms with E-state index in [2.05, 4.69) is 9.97 Å². The number of rotatable bonds is 1. The van der Waals surface area contributed by atoms with Crippen molar-refractivity contribution < 1.29 is 5.11 Å². The molecule has 4 nitrogen and oxygen atoms in total. The summed E-state index contributed by atoms with van der Waals surface area (Å²) < 4.78 is 0. The summed E-state index contributed by atoms with van der Waals surface area (Å²) in [5.41, 5.74) is 4.10. The molecule has 0 unspecified atom stereocenters. The molecular weight excluding hydrogens is 228 g/mol. The Kier molecular flexibility index (Phi) is 2.95. The number of aromatic nitrogens is 2. The van der Waals surface area contributed by atoms with Crippen LogP contribution in [0.2, 0.25) is 0 Å². The van der Waals surface area contributed by atoms with Crippen molar-refractivity contribution in [2.45, 2.75) is 27.7 Å². The van der Waals surface area contributed by atoms with Crippen LogP contribution in [0.25, 0.3) is 11.4 Å². The molecule has 4 heteroatoms. The van der Waals surface area contributed by atoms with Gasteiger partial charge in [-0.3, -0.25) is 4.79 Å². The van der Waals surface area contributed by atoms with Gasteiger partial charge in [-0.1, -0.05) is 6.07 Å². The third kappa shape index (κ3) is 2.01. The molecule has 2 N–H and O–H groups in total. The number of hydrogen-bond acceptors (Lipinski definition) is 3. The van der Waals surface area contributed by atoms with E-state index in [1.165, 1.54) is 12.5 Å². The zero-order valence-corrected chi connectivity index (χ0v) is 11.0. The SMILES string of the molecule is Cc1cc(C)c(-c2nc(O)c(C)c(=O)[nH]2)cc1C. The summed E-state index contributed by atoms with van der Waals surface area (Å²) in [5.74, 6) is 0.190. The van der Waals surface area contributed by atoms with Crippen LogP contribution in [0.1, 0.15) is 22.3 Å². The Morgan fingerprint density at radius 1 is 1.06 bits per heavy atom. The molecule has 0 saturated heterocycles. The minimum Gasteiger partial charge on any atom is -0.493 e. The number of aromatic hydroxyl groups is 1. The first-order valence-electron chi connectivity index (χ1n) is 5.78. The lowest BCUT2D eigenvalue weighted by Crippen LogP contribution is -2.12. The van der Waals surface area contributed by atoms with E-state index in [-0.39, 0.29) is 17.0 Å². The Hall–Kier alpha value is -2.10. The molecule has 18 heavy (non-hydrogen) atoms. The van der Waals surface area contributed by atoms with Crippen LogP contribution in [-0.2, 0) is 0 Å². The Bertz CT molecular complexity index is 672. The lowest BCUT2D eigenvalue weighted by atomic mass is 10.0. The molecule has 2 rings (SSSR count). The van der Waals surface area contributed by atoms with Crippen LogP contribution in [-0.4, -0.2) is 15.1 Å². The zero-order valence-electron chi connectivity index (χ0n) is 11.0. The van der Waals surface area contributed by atoms with Crippen molar-refractivity contribution in [3.05, 3.63) is 44.7 Å². The topological polar surface area (TPSA) is 66.0 Å². The first kappa shape index (κ1) is 12.4. The highest BCUT2D eigenvalue weighted by Gasteiger charge is 2.10. The largest absolute Gasteiger partial charge is 0.493 e. The van der Waals surface area contributed by atoms with Gasteiger partial charge in [-0.05, 0) is 50.5 Å². The van der Waals surface area contributed by atoms with Crippen molar-refractivity contribution in [2.24, 2.45) is 0 Å². The van der Waals surface area contributed by atoms with Crippen LogP contribution in [0.3, 0.4) is 0 Å². The molecule has 1 heterocycles. The molecule has 0 fully saturated rings. The van der Waals surface area contributed by atoms with E-state index in [0.29, 0.717) is 5.82 Å². The fourth-order valence-corrected chi connectivity index (χ4v) is 1.86. The summed E-state index contributed by atoms with van der Waals surface area (Å²) in [7, 11) is 0. The Labute approximate surface area is 105 Å². The summed E-state index contributed by atoms with van der Waals surface area (Å²) in [6, 6.07) is 4.01. The minimum atomic E-state index is -0.310. The molecule has 0 atom stereocenters. The molecule has 0 aliphatic rings. The van der Waals surface area contributed by atoms with Crippen molar-refractivity contribution in [2.75, 3.05) is 0 Å². The number of aromatic amines is 1. The average Bonchev–Trinajstić information content (AvgIpc) is 2.30. The second kappa shape index (κ2) is 4.29. The summed E-state index contributed by atoms with van der Waals surface area (Å²) in [6.45, 7) is 7.54. The van der Waals surface area contributed by atoms with Crippen molar-refractivity contribution >= 4 is 0 Å². The van der Waals surface area contributed by atoms with Crippen LogP contribution in [0, 0.1) is 27.7 Å². The van der Waals surface area contributed by atoms with E-state index >= 15 is 0 Å². The first-order chi connectivity index (χ1) is 8.40. The van der Waals surface area contributed by atoms with Crippen molar-refractivity contribution in [1.29, 1.82) is 0 Å². The Morgan fingerprint density at radius 3 is 2.28 bits per heavy atom. The monoisotopic (exact) mass is 244 g/mol. The maximum atomic E-state index is 11.6. The molecule has 0 saturated carbocycles. The van der Waals surface area contributed by atoms with E-state index in [9.17, 15) is 9.90 Å². The van der Waals surface area contributed by atoms with Gasteiger partial charge in [0.25, 0.3) is 5.56 Å². The number of benzene rings is 1. The molecule has 0 aliphatic carbocycles. The van der Waals surface area contributed by atoms with Crippen LogP contribution >= 0.6 is 0 Å². The van der Waals surface area contributed by atoms with E-state index in [1.54, 1.807) is 0 Å². The van der Waals surface area contributed by atoms with Crippen molar-refractivity contribution in [3.63, 3.8) is 0 Å². The molecule has 0 radical (unpaired) electrons. The number of aryl methyl sites for hydroxylation is 3. The number of nitrogens with one attached hydrogen (secondary N) is 1. The van der Waals surface area contributed by atoms with Gasteiger partial charge in [0.15, 0.2) is 0 Å². The maximum absolute atomic E-state index is 11.6. The first-order valence-corrected chi connectivity index (χ1v) is 5.78. The quantitative estimate of drug-likeness (QED) is 0.809. The highest BCUT2D eigenvalue weighted by Crippen LogP contribution is 2.24. The fraction of sp³-hybridized carbons (Fsp3) is 0.286. The second-order valence-electron chi connectivity index (χ2n) is 4.61. The minimum absolute atomic E-state index is 0.216. The van der Waals surface area contributed by atoms with Gasteiger partial charge >= 0.3 is 0 Å². The Balaban J connectivity index is 2.70. The molecule has 0 spiro atoms. The predicted octanol–water partition coefficient (Wildman–Crippen LogP) is 2.38. The molecule has 94 valence electrons. The molecule has 1 aromatic heterocycles. The van der Waals surface area contributed by atoms with E-state index < -0.39 is 0 Å². The van der Waals surface area contributed by atoms with E-state index in [4.69, 9.17) is 0 Å². The van der Waals surface area contributed by atoms with Gasteiger partial charge in [0.05, 0.1) is 5.56 Å². The van der Waals surface area contributed by atoms with Gasteiger partial charge in [0.1, 0.15) is 5.82 Å². The van der Waals surface area contributed by atoms with Gasteiger partial charge in [-0.25, -0.2) is 0 Å². The maximum Gasteiger partial charge on any atom is 0.257 e. The molecule has 0 bridgehead atoms. The molecule has 0 amide bonds. The third-order valence-corrected chi connectivity index (χ3v) is 3.22. The lowest BCUT2D eigenvalue weighted by Gasteiger charge is -2.09. The highest BCUT2D eigenvalue weighted by molar-refractivity contribution is 5.62. The third-order valence-electron chi connectivity index (χ3n) is 3.22. The highest BCUT2D eigenvalue weighted by atomic mass is 16.3. The van der Waals surface area contributed by atoms with Crippen LogP contribution in [0.5, 0.6) is 5.88 Å². The van der Waals surface area contributed by atoms with Gasteiger partial charge in [-0.2, -0.15) is 4.98 Å². The van der Waals surface area contributed by atoms with Crippen molar-refractivity contribution in [1.82, 2.24) is 9.97 Å². The lowest BCUT2D eigenvalue weighted by molar-refractivity contribution is 0.447. The predicted molar refractivity (Wildman–Crippen MR) is 70.9 cm³/mol. The number of H-pyrrole nitrogens is 1. The molecular formula is C14H16N2O2.